The van der Waals surface area contributed by atoms with Gasteiger partial charge in [0.1, 0.15) is 11.6 Å². The van der Waals surface area contributed by atoms with E-state index in [2.05, 4.69) is 51.5 Å². The van der Waals surface area contributed by atoms with Crippen molar-refractivity contribution in [1.29, 1.82) is 0 Å². The van der Waals surface area contributed by atoms with E-state index in [1.807, 2.05) is 18.3 Å². The average molecular weight is 402 g/mol. The molecule has 1 aliphatic rings. The van der Waals surface area contributed by atoms with Crippen molar-refractivity contribution in [2.45, 2.75) is 39.4 Å². The van der Waals surface area contributed by atoms with Crippen molar-refractivity contribution in [3.8, 4) is 0 Å². The molecule has 0 spiro atoms. The van der Waals surface area contributed by atoms with Crippen LogP contribution in [0.5, 0.6) is 0 Å². The summed E-state index contributed by atoms with van der Waals surface area (Å²) in [5, 5.41) is 0. The summed E-state index contributed by atoms with van der Waals surface area (Å²) in [4.78, 5) is 11.8. The minimum Gasteiger partial charge on any atom is -0.334 e. The van der Waals surface area contributed by atoms with Crippen LogP contribution in [-0.4, -0.2) is 71.1 Å². The summed E-state index contributed by atoms with van der Waals surface area (Å²) >= 11 is 0. The van der Waals surface area contributed by atoms with E-state index in [-0.39, 0.29) is 5.82 Å². The zero-order chi connectivity index (χ0) is 20.6. The second-order valence-electron chi connectivity index (χ2n) is 8.50. The predicted octanol–water partition coefficient (Wildman–Crippen LogP) is 3.32. The lowest BCUT2D eigenvalue weighted by Gasteiger charge is -2.36. The van der Waals surface area contributed by atoms with Gasteiger partial charge in [-0.1, -0.05) is 18.2 Å². The van der Waals surface area contributed by atoms with Crippen LogP contribution in [0.1, 0.15) is 31.2 Å². The summed E-state index contributed by atoms with van der Waals surface area (Å²) in [5.74, 6) is 1.67. The molecular formula is C23H36FN5. The molecule has 1 fully saturated rings. The summed E-state index contributed by atoms with van der Waals surface area (Å²) in [6, 6.07) is 7.17. The highest BCUT2D eigenvalue weighted by atomic mass is 19.1. The molecule has 0 bridgehead atoms. The number of likely N-dealkylation sites (tertiary alicyclic amines) is 1. The third kappa shape index (κ3) is 6.63. The fourth-order valence-corrected chi connectivity index (χ4v) is 4.23. The number of likely N-dealkylation sites (N-methyl/N-ethyl adjacent to an activating group) is 1. The Morgan fingerprint density at radius 2 is 2.03 bits per heavy atom. The fraction of sp³-hybridized carbons (Fsp3) is 0.609. The van der Waals surface area contributed by atoms with Crippen molar-refractivity contribution >= 4 is 0 Å². The van der Waals surface area contributed by atoms with Crippen LogP contribution in [-0.2, 0) is 19.6 Å². The number of halogens is 1. The van der Waals surface area contributed by atoms with E-state index in [1.54, 1.807) is 12.1 Å². The molecule has 2 heterocycles. The van der Waals surface area contributed by atoms with E-state index in [0.717, 1.165) is 57.2 Å². The van der Waals surface area contributed by atoms with Gasteiger partial charge in [-0.05, 0) is 52.4 Å². The standard InChI is InChI=1S/C23H36FN5/c1-4-29-13-11-25-23(29)19-28(15-14-26(2)3)17-20-8-7-12-27(16-20)18-21-9-5-6-10-22(21)24/h5-6,9-11,13,20H,4,7-8,12,14-19H2,1-3H3. The molecule has 3 rings (SSSR count). The van der Waals surface area contributed by atoms with Gasteiger partial charge in [-0.25, -0.2) is 9.37 Å². The molecule has 0 saturated carbocycles. The zero-order valence-corrected chi connectivity index (χ0v) is 18.2. The van der Waals surface area contributed by atoms with Gasteiger partial charge >= 0.3 is 0 Å². The van der Waals surface area contributed by atoms with E-state index in [0.29, 0.717) is 12.5 Å². The minimum atomic E-state index is -0.0892. The number of aryl methyl sites for hydroxylation is 1. The number of rotatable bonds is 10. The molecule has 29 heavy (non-hydrogen) atoms. The predicted molar refractivity (Wildman–Crippen MR) is 116 cm³/mol. The maximum atomic E-state index is 14.1. The first-order valence-electron chi connectivity index (χ1n) is 10.9. The third-order valence-electron chi connectivity index (χ3n) is 5.84. The number of hydrogen-bond donors (Lipinski definition) is 0. The van der Waals surface area contributed by atoms with Crippen molar-refractivity contribution < 1.29 is 4.39 Å². The van der Waals surface area contributed by atoms with E-state index in [9.17, 15) is 4.39 Å². The normalized spacial score (nSPS) is 18.1. The number of piperidine rings is 1. The van der Waals surface area contributed by atoms with Crippen LogP contribution in [0.15, 0.2) is 36.7 Å². The number of imidazole rings is 1. The monoisotopic (exact) mass is 401 g/mol. The summed E-state index contributed by atoms with van der Waals surface area (Å²) in [7, 11) is 4.25. The van der Waals surface area contributed by atoms with Gasteiger partial charge in [0.2, 0.25) is 0 Å². The quantitative estimate of drug-likeness (QED) is 0.610. The minimum absolute atomic E-state index is 0.0892. The number of aromatic nitrogens is 2. The second kappa shape index (κ2) is 10.9. The SMILES string of the molecule is CCn1ccnc1CN(CCN(C)C)CC1CCCN(Cc2ccccc2F)C1. The molecule has 5 nitrogen and oxygen atoms in total. The van der Waals surface area contributed by atoms with Crippen LogP contribution in [0.2, 0.25) is 0 Å². The Morgan fingerprint density at radius 1 is 1.21 bits per heavy atom. The van der Waals surface area contributed by atoms with Gasteiger partial charge in [-0.15, -0.1) is 0 Å². The summed E-state index contributed by atoms with van der Waals surface area (Å²) in [5.41, 5.74) is 0.808. The summed E-state index contributed by atoms with van der Waals surface area (Å²) in [6.07, 6.45) is 6.40. The summed E-state index contributed by atoms with van der Waals surface area (Å²) in [6.45, 7) is 9.95. The molecule has 1 aromatic heterocycles. The van der Waals surface area contributed by atoms with Crippen LogP contribution in [0.4, 0.5) is 4.39 Å². The Kier molecular flexibility index (Phi) is 8.21. The number of nitrogens with zero attached hydrogens (tertiary/aromatic N) is 5. The zero-order valence-electron chi connectivity index (χ0n) is 18.2. The van der Waals surface area contributed by atoms with Gasteiger partial charge < -0.3 is 9.47 Å². The Labute approximate surface area is 175 Å². The van der Waals surface area contributed by atoms with Crippen LogP contribution in [0, 0.1) is 11.7 Å². The molecule has 1 aromatic carbocycles. The molecule has 0 aliphatic carbocycles. The topological polar surface area (TPSA) is 27.5 Å². The van der Waals surface area contributed by atoms with Crippen LogP contribution in [0.3, 0.4) is 0 Å². The van der Waals surface area contributed by atoms with Crippen LogP contribution >= 0.6 is 0 Å². The molecule has 1 saturated heterocycles. The first-order chi connectivity index (χ1) is 14.0. The number of hydrogen-bond acceptors (Lipinski definition) is 4. The Bertz CT molecular complexity index is 744. The Balaban J connectivity index is 1.60. The molecule has 6 heteroatoms. The van der Waals surface area contributed by atoms with Crippen LogP contribution in [0.25, 0.3) is 0 Å². The highest BCUT2D eigenvalue weighted by molar-refractivity contribution is 5.17. The largest absolute Gasteiger partial charge is 0.334 e. The molecule has 0 N–H and O–H groups in total. The molecule has 2 aromatic rings. The Hall–Kier alpha value is -1.76. The van der Waals surface area contributed by atoms with Crippen molar-refractivity contribution in [1.82, 2.24) is 24.3 Å². The highest BCUT2D eigenvalue weighted by Crippen LogP contribution is 2.21. The summed E-state index contributed by atoms with van der Waals surface area (Å²) < 4.78 is 16.3. The van der Waals surface area contributed by atoms with Gasteiger partial charge in [0.05, 0.1) is 6.54 Å². The second-order valence-corrected chi connectivity index (χ2v) is 8.50. The fourth-order valence-electron chi connectivity index (χ4n) is 4.23. The van der Waals surface area contributed by atoms with Gasteiger partial charge in [0.15, 0.2) is 0 Å². The lowest BCUT2D eigenvalue weighted by Crippen LogP contribution is -2.42. The molecule has 0 amide bonds. The lowest BCUT2D eigenvalue weighted by molar-refractivity contribution is 0.118. The van der Waals surface area contributed by atoms with Gasteiger partial charge in [-0.3, -0.25) is 9.80 Å². The van der Waals surface area contributed by atoms with E-state index in [1.165, 1.54) is 12.8 Å². The van der Waals surface area contributed by atoms with Gasteiger partial charge in [0.25, 0.3) is 0 Å². The first-order valence-corrected chi connectivity index (χ1v) is 10.9. The van der Waals surface area contributed by atoms with Crippen molar-refractivity contribution in [3.05, 3.63) is 53.9 Å². The molecule has 1 atom stereocenters. The van der Waals surface area contributed by atoms with Crippen molar-refractivity contribution in [2.24, 2.45) is 5.92 Å². The average Bonchev–Trinajstić information content (AvgIpc) is 3.15. The Morgan fingerprint density at radius 3 is 2.79 bits per heavy atom. The molecule has 1 unspecified atom stereocenters. The highest BCUT2D eigenvalue weighted by Gasteiger charge is 2.23. The lowest BCUT2D eigenvalue weighted by atomic mass is 9.96. The van der Waals surface area contributed by atoms with Gasteiger partial charge in [-0.2, -0.15) is 0 Å². The third-order valence-corrected chi connectivity index (χ3v) is 5.84. The smallest absolute Gasteiger partial charge is 0.127 e. The molecule has 1 aliphatic heterocycles. The van der Waals surface area contributed by atoms with E-state index >= 15 is 0 Å². The van der Waals surface area contributed by atoms with Crippen LogP contribution < -0.4 is 0 Å². The van der Waals surface area contributed by atoms with E-state index in [4.69, 9.17) is 0 Å². The maximum Gasteiger partial charge on any atom is 0.127 e. The van der Waals surface area contributed by atoms with Gasteiger partial charge in [0, 0.05) is 57.2 Å². The molecule has 160 valence electrons. The molecule has 0 radical (unpaired) electrons. The molecular weight excluding hydrogens is 365 g/mol. The van der Waals surface area contributed by atoms with E-state index < -0.39 is 0 Å². The van der Waals surface area contributed by atoms with Crippen molar-refractivity contribution in [3.63, 3.8) is 0 Å². The first kappa shape index (κ1) is 21.9. The maximum absolute atomic E-state index is 14.1. The number of benzene rings is 1. The van der Waals surface area contributed by atoms with Crippen molar-refractivity contribution in [2.75, 3.05) is 46.8 Å².